The topological polar surface area (TPSA) is 108 Å². The van der Waals surface area contributed by atoms with E-state index in [2.05, 4.69) is 17.6 Å². The zero-order valence-electron chi connectivity index (χ0n) is 22.8. The number of hydrogen-bond acceptors (Lipinski definition) is 5. The first kappa shape index (κ1) is 27.3. The third-order valence-corrected chi connectivity index (χ3v) is 8.78. The Bertz CT molecular complexity index is 1190. The van der Waals surface area contributed by atoms with Crippen LogP contribution >= 0.6 is 0 Å². The average Bonchev–Trinajstić information content (AvgIpc) is 3.51. The number of nitrogens with one attached hydrogen (secondary N) is 2. The van der Waals surface area contributed by atoms with Crippen molar-refractivity contribution in [2.45, 2.75) is 75.7 Å². The molecule has 39 heavy (non-hydrogen) atoms. The lowest BCUT2D eigenvalue weighted by Gasteiger charge is -2.37. The maximum absolute atomic E-state index is 14.3. The number of rotatable bonds is 11. The summed E-state index contributed by atoms with van der Waals surface area (Å²) in [6, 6.07) is 17.2. The molecule has 8 heteroatoms. The molecule has 6 atom stereocenters. The lowest BCUT2D eigenvalue weighted by molar-refractivity contribution is -0.148. The average molecular weight is 534 g/mol. The minimum absolute atomic E-state index is 0.276. The Kier molecular flexibility index (Phi) is 7.78. The van der Waals surface area contributed by atoms with Crippen LogP contribution in [0.5, 0.6) is 0 Å². The molecule has 0 aromatic heterocycles. The first-order valence-corrected chi connectivity index (χ1v) is 14.2. The molecule has 3 aliphatic heterocycles. The number of para-hydroxylation sites is 1. The molecule has 5 rings (SSSR count). The Balaban J connectivity index is 1.50. The third-order valence-electron chi connectivity index (χ3n) is 8.78. The van der Waals surface area contributed by atoms with Crippen LogP contribution in [0.25, 0.3) is 0 Å². The monoisotopic (exact) mass is 533 g/mol. The van der Waals surface area contributed by atoms with Gasteiger partial charge in [-0.1, -0.05) is 68.3 Å². The second-order valence-corrected chi connectivity index (χ2v) is 11.4. The van der Waals surface area contributed by atoms with Gasteiger partial charge in [-0.3, -0.25) is 14.4 Å². The second kappa shape index (κ2) is 11.1. The van der Waals surface area contributed by atoms with Crippen molar-refractivity contribution in [1.29, 1.82) is 0 Å². The summed E-state index contributed by atoms with van der Waals surface area (Å²) in [7, 11) is 0. The number of aliphatic hydroxyl groups excluding tert-OH is 1. The van der Waals surface area contributed by atoms with Crippen molar-refractivity contribution < 1.29 is 24.2 Å². The number of anilines is 1. The molecule has 3 aliphatic rings. The molecule has 2 unspecified atom stereocenters. The van der Waals surface area contributed by atoms with Crippen LogP contribution in [-0.4, -0.2) is 64.2 Å². The quantitative estimate of drug-likeness (QED) is 0.384. The highest BCUT2D eigenvalue weighted by atomic mass is 16.5. The lowest BCUT2D eigenvalue weighted by Crippen LogP contribution is -2.58. The van der Waals surface area contributed by atoms with E-state index in [1.54, 1.807) is 17.0 Å². The number of aliphatic hydroxyl groups is 1. The van der Waals surface area contributed by atoms with Gasteiger partial charge in [0.1, 0.15) is 11.6 Å². The summed E-state index contributed by atoms with van der Waals surface area (Å²) in [6.45, 7) is 4.19. The van der Waals surface area contributed by atoms with Gasteiger partial charge in [0.25, 0.3) is 0 Å². The Hall–Kier alpha value is -3.23. The fraction of sp³-hybridized carbons (Fsp3) is 0.516. The molecule has 0 radical (unpaired) electrons. The molecular weight excluding hydrogens is 494 g/mol. The minimum atomic E-state index is -1.12. The number of carbonyl (C=O) groups is 3. The van der Waals surface area contributed by atoms with Crippen LogP contribution in [0.2, 0.25) is 0 Å². The predicted octanol–water partition coefficient (Wildman–Crippen LogP) is 3.30. The van der Waals surface area contributed by atoms with Gasteiger partial charge in [-0.25, -0.2) is 0 Å². The summed E-state index contributed by atoms with van der Waals surface area (Å²) >= 11 is 0. The van der Waals surface area contributed by atoms with Gasteiger partial charge in [-0.15, -0.1) is 0 Å². The molecular formula is C31H39N3O5. The Morgan fingerprint density at radius 1 is 1.05 bits per heavy atom. The highest BCUT2D eigenvalue weighted by molar-refractivity contribution is 6.02. The minimum Gasteiger partial charge on any atom is -0.394 e. The number of carbonyl (C=O) groups excluding carboxylic acids is 3. The van der Waals surface area contributed by atoms with Crippen LogP contribution in [0.15, 0.2) is 60.7 Å². The second-order valence-electron chi connectivity index (χ2n) is 11.4. The number of ether oxygens (including phenoxy) is 1. The van der Waals surface area contributed by atoms with Crippen molar-refractivity contribution >= 4 is 23.4 Å². The number of fused-ring (bicyclic) bond motifs is 1. The summed E-state index contributed by atoms with van der Waals surface area (Å²) < 4.78 is 6.68. The SMILES string of the molecule is CCCCCNC(=O)C1N([C@@H](CO)Cc2ccccc2)C(=O)[C@@H]2[C@@H](C(=O)Nc3ccccc3)[C@@]3(C)CCC12O3. The fourth-order valence-corrected chi connectivity index (χ4v) is 7.02. The number of amides is 3. The van der Waals surface area contributed by atoms with Crippen molar-refractivity contribution in [2.75, 3.05) is 18.5 Å². The number of benzene rings is 2. The fourth-order valence-electron chi connectivity index (χ4n) is 7.02. The largest absolute Gasteiger partial charge is 0.394 e. The summed E-state index contributed by atoms with van der Waals surface area (Å²) in [4.78, 5) is 43.5. The van der Waals surface area contributed by atoms with Gasteiger partial charge in [-0.05, 0) is 50.3 Å². The van der Waals surface area contributed by atoms with Crippen LogP contribution in [-0.2, 0) is 25.5 Å². The van der Waals surface area contributed by atoms with Crippen LogP contribution in [0, 0.1) is 11.8 Å². The number of hydrogen-bond donors (Lipinski definition) is 3. The molecule has 0 aliphatic carbocycles. The van der Waals surface area contributed by atoms with Gasteiger partial charge >= 0.3 is 0 Å². The molecule has 3 amide bonds. The van der Waals surface area contributed by atoms with E-state index in [1.165, 1.54) is 0 Å². The maximum Gasteiger partial charge on any atom is 0.245 e. The molecule has 3 heterocycles. The third kappa shape index (κ3) is 4.85. The Morgan fingerprint density at radius 3 is 2.41 bits per heavy atom. The Labute approximate surface area is 230 Å². The van der Waals surface area contributed by atoms with Crippen LogP contribution in [0.4, 0.5) is 5.69 Å². The summed E-state index contributed by atoms with van der Waals surface area (Å²) in [6.07, 6.45) is 4.32. The zero-order chi connectivity index (χ0) is 27.6. The molecule has 0 saturated carbocycles. The van der Waals surface area contributed by atoms with Crippen molar-refractivity contribution in [3.63, 3.8) is 0 Å². The van der Waals surface area contributed by atoms with E-state index < -0.39 is 35.1 Å². The lowest BCUT2D eigenvalue weighted by atomic mass is 9.66. The summed E-state index contributed by atoms with van der Waals surface area (Å²) in [5.74, 6) is -2.42. The van der Waals surface area contributed by atoms with Crippen LogP contribution < -0.4 is 10.6 Å². The van der Waals surface area contributed by atoms with Gasteiger partial charge in [-0.2, -0.15) is 0 Å². The summed E-state index contributed by atoms with van der Waals surface area (Å²) in [5, 5.41) is 16.5. The van der Waals surface area contributed by atoms with E-state index in [0.29, 0.717) is 31.5 Å². The van der Waals surface area contributed by atoms with E-state index in [1.807, 2.05) is 55.5 Å². The number of likely N-dealkylation sites (tertiary alicyclic amines) is 1. The smallest absolute Gasteiger partial charge is 0.245 e. The van der Waals surface area contributed by atoms with E-state index in [9.17, 15) is 19.5 Å². The first-order chi connectivity index (χ1) is 18.8. The molecule has 2 bridgehead atoms. The van der Waals surface area contributed by atoms with Crippen LogP contribution in [0.3, 0.4) is 0 Å². The van der Waals surface area contributed by atoms with Gasteiger partial charge in [0.15, 0.2) is 0 Å². The van der Waals surface area contributed by atoms with Crippen molar-refractivity contribution in [3.05, 3.63) is 66.2 Å². The molecule has 208 valence electrons. The van der Waals surface area contributed by atoms with Crippen molar-refractivity contribution in [1.82, 2.24) is 10.2 Å². The van der Waals surface area contributed by atoms with E-state index >= 15 is 0 Å². The van der Waals surface area contributed by atoms with Gasteiger partial charge in [0, 0.05) is 12.2 Å². The van der Waals surface area contributed by atoms with Gasteiger partial charge < -0.3 is 25.4 Å². The van der Waals surface area contributed by atoms with E-state index in [0.717, 1.165) is 24.8 Å². The molecule has 8 nitrogen and oxygen atoms in total. The zero-order valence-corrected chi connectivity index (χ0v) is 22.8. The number of unbranched alkanes of at least 4 members (excludes halogenated alkanes) is 2. The highest BCUT2D eigenvalue weighted by Gasteiger charge is 2.78. The van der Waals surface area contributed by atoms with Crippen LogP contribution in [0.1, 0.15) is 51.5 Å². The molecule has 3 saturated heterocycles. The van der Waals surface area contributed by atoms with Gasteiger partial charge in [0.05, 0.1) is 30.1 Å². The predicted molar refractivity (Wildman–Crippen MR) is 148 cm³/mol. The first-order valence-electron chi connectivity index (χ1n) is 14.2. The van der Waals surface area contributed by atoms with Crippen molar-refractivity contribution in [2.24, 2.45) is 11.8 Å². The normalized spacial score (nSPS) is 29.8. The van der Waals surface area contributed by atoms with E-state index in [-0.39, 0.29) is 24.3 Å². The summed E-state index contributed by atoms with van der Waals surface area (Å²) in [5.41, 5.74) is -0.381. The van der Waals surface area contributed by atoms with E-state index in [4.69, 9.17) is 4.74 Å². The molecule has 1 spiro atoms. The Morgan fingerprint density at radius 2 is 1.74 bits per heavy atom. The highest BCUT2D eigenvalue weighted by Crippen LogP contribution is 2.63. The standard InChI is InChI=1S/C31H39N3O5/c1-3-4-11-18-32-28(37)26-31-17-16-30(2,39-31)24(27(36)33-22-14-9-6-10-15-22)25(31)29(38)34(26)23(20-35)19-21-12-7-5-8-13-21/h5-10,12-15,23-26,35H,3-4,11,16-20H2,1-2H3,(H,32,37)(H,33,36)/t23-,24+,25+,26?,30-,31?/m1/s1. The van der Waals surface area contributed by atoms with Crippen molar-refractivity contribution in [3.8, 4) is 0 Å². The number of nitrogens with zero attached hydrogens (tertiary/aromatic N) is 1. The maximum atomic E-state index is 14.3. The van der Waals surface area contributed by atoms with Gasteiger partial charge in [0.2, 0.25) is 17.7 Å². The molecule has 3 N–H and O–H groups in total. The molecule has 3 fully saturated rings. The molecule has 2 aromatic carbocycles. The molecule has 2 aromatic rings.